The van der Waals surface area contributed by atoms with Crippen LogP contribution in [-0.2, 0) is 25.6 Å². The maximum Gasteiger partial charge on any atom is 0.253 e. The Labute approximate surface area is 241 Å². The number of amides is 4. The third-order valence-electron chi connectivity index (χ3n) is 9.15. The lowest BCUT2D eigenvalue weighted by Gasteiger charge is -2.50. The first-order valence-electron chi connectivity index (χ1n) is 13.2. The number of carbonyl (C=O) groups is 4. The van der Waals surface area contributed by atoms with Crippen LogP contribution in [0.1, 0.15) is 36.8 Å². The van der Waals surface area contributed by atoms with Crippen LogP contribution in [0.4, 0.5) is 5.69 Å². The molecular weight excluding hydrogens is 555 g/mol. The van der Waals surface area contributed by atoms with Crippen LogP contribution < -0.4 is 9.64 Å². The Hall–Kier alpha value is -3.36. The molecule has 4 amide bonds. The van der Waals surface area contributed by atoms with E-state index in [4.69, 9.17) is 27.9 Å². The summed E-state index contributed by atoms with van der Waals surface area (Å²) in [6, 6.07) is 11.9. The average Bonchev–Trinajstić information content (AvgIpc) is 3.28. The summed E-state index contributed by atoms with van der Waals surface area (Å²) in [5.74, 6) is -4.82. The number of allylic oxidation sites excluding steroid dienone is 2. The van der Waals surface area contributed by atoms with E-state index in [-0.39, 0.29) is 36.2 Å². The number of methoxy groups -OCH3 is 1. The molecule has 6 atom stereocenters. The summed E-state index contributed by atoms with van der Waals surface area (Å²) >= 11 is 14.3. The normalized spacial score (nSPS) is 33.1. The Kier molecular flexibility index (Phi) is 6.09. The number of alkyl halides is 2. The van der Waals surface area contributed by atoms with Gasteiger partial charge in [0.25, 0.3) is 11.8 Å². The van der Waals surface area contributed by atoms with Crippen molar-refractivity contribution < 1.29 is 29.0 Å². The average molecular weight is 583 g/mol. The number of hydrogen-bond acceptors (Lipinski definition) is 6. The number of benzene rings is 2. The quantitative estimate of drug-likeness (QED) is 0.330. The standard InChI is InChI=1S/C30H28Cl2N2O6/c1-4-15-5-8-17(9-6-15)34-25(36)19-11-10-18-20(23(19)26(34)37)14-29(31)27(38)33(2)28(39)30(29,32)24(18)16-7-12-21(35)22(13-16)40-3/h5-10,12-13,19-20,23-24,35H,4,11,14H2,1-3H3/t19-,20+,23-,24-,29+,30-/m0/s1. The number of nitrogens with zero attached hydrogens (tertiary/aromatic N) is 2. The monoisotopic (exact) mass is 582 g/mol. The van der Waals surface area contributed by atoms with Gasteiger partial charge in [0.05, 0.1) is 24.6 Å². The molecule has 0 aromatic heterocycles. The number of fused-ring (bicyclic) bond motifs is 4. The highest BCUT2D eigenvalue weighted by Gasteiger charge is 2.75. The molecule has 1 N–H and O–H groups in total. The van der Waals surface area contributed by atoms with Gasteiger partial charge < -0.3 is 9.84 Å². The molecule has 10 heteroatoms. The van der Waals surface area contributed by atoms with Crippen molar-refractivity contribution in [3.63, 3.8) is 0 Å². The molecule has 1 saturated carbocycles. The van der Waals surface area contributed by atoms with Crippen molar-refractivity contribution in [2.24, 2.45) is 17.8 Å². The van der Waals surface area contributed by atoms with Gasteiger partial charge in [0.1, 0.15) is 0 Å². The minimum absolute atomic E-state index is 0.0761. The zero-order chi connectivity index (χ0) is 28.7. The second kappa shape index (κ2) is 9.08. The number of phenols is 1. The Bertz CT molecular complexity index is 1510. The molecule has 40 heavy (non-hydrogen) atoms. The number of ether oxygens (including phenoxy) is 1. The molecule has 2 saturated heterocycles. The number of anilines is 1. The fraction of sp³-hybridized carbons (Fsp3) is 0.400. The molecular formula is C30H28Cl2N2O6. The first-order valence-corrected chi connectivity index (χ1v) is 14.0. The molecule has 2 aliphatic heterocycles. The minimum Gasteiger partial charge on any atom is -0.504 e. The third-order valence-corrected chi connectivity index (χ3v) is 10.6. The van der Waals surface area contributed by atoms with E-state index in [1.165, 1.54) is 25.1 Å². The lowest BCUT2D eigenvalue weighted by molar-refractivity contribution is -0.138. The number of hydrogen-bond donors (Lipinski definition) is 1. The van der Waals surface area contributed by atoms with Crippen LogP contribution in [0.2, 0.25) is 0 Å². The van der Waals surface area contributed by atoms with E-state index in [1.54, 1.807) is 24.3 Å². The van der Waals surface area contributed by atoms with E-state index in [2.05, 4.69) is 0 Å². The summed E-state index contributed by atoms with van der Waals surface area (Å²) in [6.45, 7) is 2.03. The van der Waals surface area contributed by atoms with Crippen LogP contribution in [0.3, 0.4) is 0 Å². The van der Waals surface area contributed by atoms with Crippen molar-refractivity contribution in [2.45, 2.75) is 41.9 Å². The molecule has 8 nitrogen and oxygen atoms in total. The van der Waals surface area contributed by atoms with Crippen LogP contribution in [-0.4, -0.2) is 57.5 Å². The molecule has 0 unspecified atom stereocenters. The predicted molar refractivity (Wildman–Crippen MR) is 148 cm³/mol. The molecule has 0 radical (unpaired) electrons. The second-order valence-electron chi connectivity index (χ2n) is 11.0. The summed E-state index contributed by atoms with van der Waals surface area (Å²) in [7, 11) is 2.75. The van der Waals surface area contributed by atoms with Gasteiger partial charge in [0.2, 0.25) is 11.8 Å². The van der Waals surface area contributed by atoms with Crippen molar-refractivity contribution >= 4 is 52.5 Å². The second-order valence-corrected chi connectivity index (χ2v) is 12.2. The molecule has 208 valence electrons. The zero-order valence-corrected chi connectivity index (χ0v) is 23.7. The molecule has 2 heterocycles. The van der Waals surface area contributed by atoms with E-state index in [9.17, 15) is 24.3 Å². The molecule has 0 spiro atoms. The Balaban J connectivity index is 1.50. The number of rotatable bonds is 4. The number of carbonyl (C=O) groups excluding carboxylic acids is 4. The van der Waals surface area contributed by atoms with Crippen LogP contribution in [0.15, 0.2) is 54.1 Å². The summed E-state index contributed by atoms with van der Waals surface area (Å²) in [6.07, 6.45) is 2.90. The van der Waals surface area contributed by atoms with E-state index in [0.717, 1.165) is 16.9 Å². The zero-order valence-electron chi connectivity index (χ0n) is 22.2. The highest BCUT2D eigenvalue weighted by atomic mass is 35.5. The summed E-state index contributed by atoms with van der Waals surface area (Å²) < 4.78 is 5.32. The van der Waals surface area contributed by atoms with Crippen LogP contribution in [0.25, 0.3) is 0 Å². The maximum absolute atomic E-state index is 14.0. The molecule has 4 aliphatic rings. The van der Waals surface area contributed by atoms with Gasteiger partial charge in [0.15, 0.2) is 21.2 Å². The van der Waals surface area contributed by atoms with Gasteiger partial charge >= 0.3 is 0 Å². The van der Waals surface area contributed by atoms with Gasteiger partial charge in [-0.1, -0.05) is 36.8 Å². The van der Waals surface area contributed by atoms with Crippen LogP contribution in [0.5, 0.6) is 11.5 Å². The van der Waals surface area contributed by atoms with Gasteiger partial charge in [-0.2, -0.15) is 0 Å². The number of halogens is 2. The summed E-state index contributed by atoms with van der Waals surface area (Å²) in [4.78, 5) is 53.3. The van der Waals surface area contributed by atoms with Crippen molar-refractivity contribution in [3.8, 4) is 11.5 Å². The van der Waals surface area contributed by atoms with Crippen molar-refractivity contribution in [1.29, 1.82) is 0 Å². The largest absolute Gasteiger partial charge is 0.504 e. The summed E-state index contributed by atoms with van der Waals surface area (Å²) in [5, 5.41) is 10.2. The number of imide groups is 2. The fourth-order valence-electron chi connectivity index (χ4n) is 7.13. The minimum atomic E-state index is -1.89. The first kappa shape index (κ1) is 26.8. The Morgan fingerprint density at radius 1 is 1.00 bits per heavy atom. The number of aryl methyl sites for hydroxylation is 1. The van der Waals surface area contributed by atoms with Crippen molar-refractivity contribution in [1.82, 2.24) is 4.90 Å². The predicted octanol–water partition coefficient (Wildman–Crippen LogP) is 4.16. The van der Waals surface area contributed by atoms with Gasteiger partial charge in [-0.3, -0.25) is 29.0 Å². The molecule has 2 aliphatic carbocycles. The van der Waals surface area contributed by atoms with E-state index < -0.39 is 45.2 Å². The SMILES string of the molecule is CCc1ccc(N2C(=O)[C@H]3[C@H](CC=C4[C@H]3C[C@@]3(Cl)C(=O)N(C)C(=O)[C@@]3(Cl)[C@H]4c3ccc(O)c(OC)c3)C2=O)cc1. The van der Waals surface area contributed by atoms with Gasteiger partial charge in [-0.25, -0.2) is 0 Å². The molecule has 2 aromatic rings. The first-order chi connectivity index (χ1) is 19.0. The smallest absolute Gasteiger partial charge is 0.253 e. The van der Waals surface area contributed by atoms with E-state index in [0.29, 0.717) is 16.8 Å². The lowest BCUT2D eigenvalue weighted by Crippen LogP contribution is -2.60. The highest BCUT2D eigenvalue weighted by molar-refractivity contribution is 6.53. The maximum atomic E-state index is 14.0. The Morgan fingerprint density at radius 2 is 1.70 bits per heavy atom. The number of phenolic OH excluding ortho intramolecular Hbond substituents is 1. The van der Waals surface area contributed by atoms with E-state index in [1.807, 2.05) is 25.1 Å². The summed E-state index contributed by atoms with van der Waals surface area (Å²) in [5.41, 5.74) is 2.77. The lowest BCUT2D eigenvalue weighted by atomic mass is 9.56. The topological polar surface area (TPSA) is 104 Å². The number of aromatic hydroxyl groups is 1. The molecule has 2 aromatic carbocycles. The van der Waals surface area contributed by atoms with Crippen LogP contribution in [0, 0.1) is 17.8 Å². The van der Waals surface area contributed by atoms with Crippen molar-refractivity contribution in [3.05, 3.63) is 65.2 Å². The molecule has 0 bridgehead atoms. The van der Waals surface area contributed by atoms with Gasteiger partial charge in [-0.15, -0.1) is 23.2 Å². The number of likely N-dealkylation sites (tertiary alicyclic amines) is 1. The molecule has 6 rings (SSSR count). The van der Waals surface area contributed by atoms with Gasteiger partial charge in [0, 0.05) is 13.0 Å². The Morgan fingerprint density at radius 3 is 2.35 bits per heavy atom. The highest BCUT2D eigenvalue weighted by Crippen LogP contribution is 2.65. The molecule has 3 fully saturated rings. The van der Waals surface area contributed by atoms with Crippen LogP contribution >= 0.6 is 23.2 Å². The van der Waals surface area contributed by atoms with E-state index >= 15 is 0 Å². The van der Waals surface area contributed by atoms with Gasteiger partial charge in [-0.05, 0) is 60.6 Å². The van der Waals surface area contributed by atoms with Crippen molar-refractivity contribution in [2.75, 3.05) is 19.1 Å². The fourth-order valence-corrected chi connectivity index (χ4v) is 8.15. The third kappa shape index (κ3) is 3.32.